The van der Waals surface area contributed by atoms with Crippen molar-refractivity contribution in [3.05, 3.63) is 41.0 Å². The molecule has 1 aliphatic heterocycles. The Morgan fingerprint density at radius 2 is 1.96 bits per heavy atom. The van der Waals surface area contributed by atoms with E-state index in [1.165, 1.54) is 12.1 Å². The lowest BCUT2D eigenvalue weighted by molar-refractivity contribution is -0.125. The van der Waals surface area contributed by atoms with Crippen LogP contribution >= 0.6 is 0 Å². The van der Waals surface area contributed by atoms with Gasteiger partial charge in [-0.2, -0.15) is 15.0 Å². The molecule has 7 nitrogen and oxygen atoms in total. The summed E-state index contributed by atoms with van der Waals surface area (Å²) in [6, 6.07) is 3.95. The number of piperidine rings is 1. The standard InChI is InChI=1S/C19H24F2N6O/c1-12-24-18(22-2)26-19(25-12)27-7-5-13(6-8-27)17(28)23-11-14-3-4-16(21)9-15(14)10-20/h3-4,9,13H,5-8,10-11H2,1-2H3,(H,23,28)(H,22,24,25,26). The molecule has 1 aromatic heterocycles. The van der Waals surface area contributed by atoms with Gasteiger partial charge in [0, 0.05) is 32.6 Å². The average molecular weight is 390 g/mol. The highest BCUT2D eigenvalue weighted by atomic mass is 19.1. The first kappa shape index (κ1) is 19.9. The topological polar surface area (TPSA) is 83.0 Å². The highest BCUT2D eigenvalue weighted by Gasteiger charge is 2.26. The monoisotopic (exact) mass is 390 g/mol. The summed E-state index contributed by atoms with van der Waals surface area (Å²) in [6.45, 7) is 2.57. The summed E-state index contributed by atoms with van der Waals surface area (Å²) in [4.78, 5) is 27.5. The van der Waals surface area contributed by atoms with Gasteiger partial charge < -0.3 is 15.5 Å². The molecule has 28 heavy (non-hydrogen) atoms. The van der Waals surface area contributed by atoms with E-state index in [-0.39, 0.29) is 23.9 Å². The van der Waals surface area contributed by atoms with Crippen LogP contribution in [0.2, 0.25) is 0 Å². The van der Waals surface area contributed by atoms with Crippen LogP contribution in [0.4, 0.5) is 20.7 Å². The number of carbonyl (C=O) groups is 1. The fourth-order valence-electron chi connectivity index (χ4n) is 3.28. The van der Waals surface area contributed by atoms with Crippen LogP contribution in [0.15, 0.2) is 18.2 Å². The number of alkyl halides is 1. The number of aryl methyl sites for hydroxylation is 1. The number of amides is 1. The average Bonchev–Trinajstić information content (AvgIpc) is 2.72. The van der Waals surface area contributed by atoms with E-state index < -0.39 is 12.5 Å². The second-order valence-electron chi connectivity index (χ2n) is 6.78. The van der Waals surface area contributed by atoms with E-state index in [1.807, 2.05) is 11.8 Å². The van der Waals surface area contributed by atoms with Crippen LogP contribution in [-0.2, 0) is 18.0 Å². The van der Waals surface area contributed by atoms with E-state index in [2.05, 4.69) is 25.6 Å². The van der Waals surface area contributed by atoms with E-state index in [9.17, 15) is 13.6 Å². The second-order valence-corrected chi connectivity index (χ2v) is 6.78. The van der Waals surface area contributed by atoms with Crippen LogP contribution in [0.1, 0.15) is 29.8 Å². The first-order valence-corrected chi connectivity index (χ1v) is 9.26. The maximum atomic E-state index is 13.2. The molecule has 1 fully saturated rings. The summed E-state index contributed by atoms with van der Waals surface area (Å²) in [5.74, 6) is 1.08. The molecule has 9 heteroatoms. The van der Waals surface area contributed by atoms with Gasteiger partial charge in [-0.1, -0.05) is 6.07 Å². The molecular formula is C19H24F2N6O. The largest absolute Gasteiger partial charge is 0.357 e. The molecule has 1 saturated heterocycles. The van der Waals surface area contributed by atoms with Crippen molar-refractivity contribution >= 4 is 17.8 Å². The number of hydrogen-bond donors (Lipinski definition) is 2. The third-order valence-corrected chi connectivity index (χ3v) is 4.87. The molecule has 2 aromatic rings. The number of aromatic nitrogens is 3. The first-order valence-electron chi connectivity index (χ1n) is 9.26. The van der Waals surface area contributed by atoms with Gasteiger partial charge in [-0.05, 0) is 43.0 Å². The maximum Gasteiger partial charge on any atom is 0.230 e. The van der Waals surface area contributed by atoms with Crippen molar-refractivity contribution in [2.75, 3.05) is 30.4 Å². The van der Waals surface area contributed by atoms with Crippen molar-refractivity contribution in [2.45, 2.75) is 33.0 Å². The quantitative estimate of drug-likeness (QED) is 0.788. The molecule has 0 aliphatic carbocycles. The van der Waals surface area contributed by atoms with E-state index in [4.69, 9.17) is 0 Å². The van der Waals surface area contributed by atoms with Crippen LogP contribution < -0.4 is 15.5 Å². The number of nitrogens with zero attached hydrogens (tertiary/aromatic N) is 4. The molecule has 150 valence electrons. The van der Waals surface area contributed by atoms with Gasteiger partial charge >= 0.3 is 0 Å². The minimum absolute atomic E-state index is 0.0727. The molecule has 0 saturated carbocycles. The number of carbonyl (C=O) groups excluding carboxylic acids is 1. The van der Waals surface area contributed by atoms with E-state index >= 15 is 0 Å². The minimum Gasteiger partial charge on any atom is -0.357 e. The molecule has 2 N–H and O–H groups in total. The Morgan fingerprint density at radius 3 is 2.64 bits per heavy atom. The van der Waals surface area contributed by atoms with Crippen molar-refractivity contribution in [2.24, 2.45) is 5.92 Å². The Hall–Kier alpha value is -2.84. The van der Waals surface area contributed by atoms with Crippen molar-refractivity contribution in [1.82, 2.24) is 20.3 Å². The molecule has 0 radical (unpaired) electrons. The highest BCUT2D eigenvalue weighted by molar-refractivity contribution is 5.79. The summed E-state index contributed by atoms with van der Waals surface area (Å²) >= 11 is 0. The minimum atomic E-state index is -0.763. The molecule has 0 atom stereocenters. The fraction of sp³-hybridized carbons (Fsp3) is 0.474. The molecule has 0 unspecified atom stereocenters. The van der Waals surface area contributed by atoms with Gasteiger partial charge in [0.2, 0.25) is 17.8 Å². The van der Waals surface area contributed by atoms with Gasteiger partial charge in [-0.15, -0.1) is 0 Å². The van der Waals surface area contributed by atoms with Crippen molar-refractivity contribution in [3.8, 4) is 0 Å². The lowest BCUT2D eigenvalue weighted by atomic mass is 9.96. The zero-order valence-electron chi connectivity index (χ0n) is 16.0. The predicted octanol–water partition coefficient (Wildman–Crippen LogP) is 2.36. The van der Waals surface area contributed by atoms with Crippen molar-refractivity contribution in [1.29, 1.82) is 0 Å². The van der Waals surface area contributed by atoms with E-state index in [1.54, 1.807) is 7.05 Å². The number of anilines is 2. The zero-order chi connectivity index (χ0) is 20.1. The SMILES string of the molecule is CNc1nc(C)nc(N2CCC(C(=O)NCc3ccc(F)cc3CF)CC2)n1. The third kappa shape index (κ3) is 4.71. The Bertz CT molecular complexity index is 839. The van der Waals surface area contributed by atoms with Crippen LogP contribution in [0, 0.1) is 18.7 Å². The molecule has 1 aliphatic rings. The van der Waals surface area contributed by atoms with Crippen molar-refractivity contribution in [3.63, 3.8) is 0 Å². The van der Waals surface area contributed by atoms with Gasteiger partial charge in [0.25, 0.3) is 0 Å². The summed E-state index contributed by atoms with van der Waals surface area (Å²) in [5, 5.41) is 5.76. The lowest BCUT2D eigenvalue weighted by Gasteiger charge is -2.31. The molecule has 1 amide bonds. The predicted molar refractivity (Wildman–Crippen MR) is 102 cm³/mol. The van der Waals surface area contributed by atoms with E-state index in [0.29, 0.717) is 49.2 Å². The number of nitrogens with one attached hydrogen (secondary N) is 2. The first-order chi connectivity index (χ1) is 13.5. The van der Waals surface area contributed by atoms with Crippen LogP contribution in [0.5, 0.6) is 0 Å². The molecular weight excluding hydrogens is 366 g/mol. The maximum absolute atomic E-state index is 13.2. The van der Waals surface area contributed by atoms with Crippen molar-refractivity contribution < 1.29 is 13.6 Å². The molecule has 2 heterocycles. The Morgan fingerprint density at radius 1 is 1.21 bits per heavy atom. The molecule has 0 bridgehead atoms. The lowest BCUT2D eigenvalue weighted by Crippen LogP contribution is -2.41. The molecule has 1 aromatic carbocycles. The smallest absolute Gasteiger partial charge is 0.230 e. The van der Waals surface area contributed by atoms with Gasteiger partial charge in [-0.25, -0.2) is 8.78 Å². The molecule has 0 spiro atoms. The highest BCUT2D eigenvalue weighted by Crippen LogP contribution is 2.22. The van der Waals surface area contributed by atoms with Gasteiger partial charge in [-0.3, -0.25) is 4.79 Å². The van der Waals surface area contributed by atoms with Crippen LogP contribution in [0.25, 0.3) is 0 Å². The number of rotatable bonds is 6. The third-order valence-electron chi connectivity index (χ3n) is 4.87. The van der Waals surface area contributed by atoms with Crippen LogP contribution in [0.3, 0.4) is 0 Å². The number of halogens is 2. The summed E-state index contributed by atoms with van der Waals surface area (Å²) < 4.78 is 26.2. The normalized spacial score (nSPS) is 14.8. The van der Waals surface area contributed by atoms with E-state index in [0.717, 1.165) is 6.07 Å². The second kappa shape index (κ2) is 8.90. The summed E-state index contributed by atoms with van der Waals surface area (Å²) in [7, 11) is 1.75. The summed E-state index contributed by atoms with van der Waals surface area (Å²) in [5.41, 5.74) is 0.857. The van der Waals surface area contributed by atoms with Gasteiger partial charge in [0.05, 0.1) is 0 Å². The van der Waals surface area contributed by atoms with Gasteiger partial charge in [0.15, 0.2) is 0 Å². The Balaban J connectivity index is 1.55. The number of hydrogen-bond acceptors (Lipinski definition) is 6. The molecule has 3 rings (SSSR count). The summed E-state index contributed by atoms with van der Waals surface area (Å²) in [6.07, 6.45) is 1.34. The Kier molecular flexibility index (Phi) is 6.33. The van der Waals surface area contributed by atoms with Gasteiger partial charge in [0.1, 0.15) is 18.3 Å². The number of benzene rings is 1. The fourth-order valence-corrected chi connectivity index (χ4v) is 3.28. The zero-order valence-corrected chi connectivity index (χ0v) is 16.0. The Labute approximate surface area is 162 Å². The van der Waals surface area contributed by atoms with Crippen LogP contribution in [-0.4, -0.2) is 41.0 Å².